The Morgan fingerprint density at radius 3 is 0.763 bits per heavy atom. The second-order valence-corrected chi connectivity index (χ2v) is 22.7. The van der Waals surface area contributed by atoms with E-state index in [4.69, 9.17) is 14.2 Å². The highest BCUT2D eigenvalue weighted by Crippen LogP contribution is 2.18. The predicted octanol–water partition coefficient (Wildman–Crippen LogP) is 22.9. The van der Waals surface area contributed by atoms with Crippen LogP contribution in [0, 0.1) is 0 Å². The summed E-state index contributed by atoms with van der Waals surface area (Å²) in [6.07, 6.45) is 81.3. The van der Waals surface area contributed by atoms with Crippen molar-refractivity contribution in [2.45, 2.75) is 367 Å². The molecule has 0 radical (unpaired) electrons. The van der Waals surface area contributed by atoms with Crippen molar-refractivity contribution >= 4 is 17.9 Å². The van der Waals surface area contributed by atoms with Gasteiger partial charge in [0.25, 0.3) is 0 Å². The van der Waals surface area contributed by atoms with Gasteiger partial charge < -0.3 is 14.2 Å². The second-order valence-electron chi connectivity index (χ2n) is 22.7. The molecule has 0 aliphatic heterocycles. The Kier molecular flexibility index (Phi) is 62.6. The van der Waals surface area contributed by atoms with E-state index in [0.29, 0.717) is 19.3 Å². The number of unbranched alkanes of at least 4 members (excludes halogenated alkanes) is 43. The van der Waals surface area contributed by atoms with Gasteiger partial charge in [0.1, 0.15) is 13.2 Å². The van der Waals surface area contributed by atoms with Crippen LogP contribution in [0.15, 0.2) is 48.6 Å². The van der Waals surface area contributed by atoms with Crippen molar-refractivity contribution in [1.82, 2.24) is 0 Å². The first kappa shape index (κ1) is 73.4. The van der Waals surface area contributed by atoms with Gasteiger partial charge in [-0.15, -0.1) is 0 Å². The maximum absolute atomic E-state index is 12.9. The highest BCUT2D eigenvalue weighted by atomic mass is 16.6. The van der Waals surface area contributed by atoms with E-state index < -0.39 is 6.10 Å². The molecule has 444 valence electrons. The molecule has 0 heterocycles. The molecule has 6 nitrogen and oxygen atoms in total. The molecular weight excluding hydrogens is 937 g/mol. The topological polar surface area (TPSA) is 78.9 Å². The fraction of sp³-hybridized carbons (Fsp3) is 0.843. The second kappa shape index (κ2) is 64.9. The third kappa shape index (κ3) is 62.2. The Bertz CT molecular complexity index is 1310. The van der Waals surface area contributed by atoms with E-state index in [1.165, 1.54) is 244 Å². The molecular formula is C70H128O6. The summed E-state index contributed by atoms with van der Waals surface area (Å²) in [5.41, 5.74) is 0. The predicted molar refractivity (Wildman–Crippen MR) is 330 cm³/mol. The van der Waals surface area contributed by atoms with Crippen molar-refractivity contribution in [1.29, 1.82) is 0 Å². The number of allylic oxidation sites excluding steroid dienone is 8. The Morgan fingerprint density at radius 1 is 0.263 bits per heavy atom. The number of carbonyl (C=O) groups excluding carboxylic acids is 3. The summed E-state index contributed by atoms with van der Waals surface area (Å²) < 4.78 is 16.9. The van der Waals surface area contributed by atoms with Gasteiger partial charge in [-0.1, -0.05) is 307 Å². The minimum Gasteiger partial charge on any atom is -0.462 e. The molecule has 0 aliphatic carbocycles. The number of hydrogen-bond donors (Lipinski definition) is 0. The molecule has 0 aliphatic rings. The van der Waals surface area contributed by atoms with Crippen LogP contribution in [0.25, 0.3) is 0 Å². The quantitative estimate of drug-likeness (QED) is 0.0261. The van der Waals surface area contributed by atoms with Crippen LogP contribution in [-0.4, -0.2) is 37.2 Å². The molecule has 0 rings (SSSR count). The highest BCUT2D eigenvalue weighted by molar-refractivity contribution is 5.71. The van der Waals surface area contributed by atoms with Gasteiger partial charge in [-0.05, 0) is 83.5 Å². The first-order valence-corrected chi connectivity index (χ1v) is 33.6. The van der Waals surface area contributed by atoms with Gasteiger partial charge in [-0.3, -0.25) is 14.4 Å². The van der Waals surface area contributed by atoms with Gasteiger partial charge >= 0.3 is 17.9 Å². The summed E-state index contributed by atoms with van der Waals surface area (Å²) >= 11 is 0. The lowest BCUT2D eigenvalue weighted by atomic mass is 10.0. The molecule has 0 fully saturated rings. The average molecular weight is 1070 g/mol. The van der Waals surface area contributed by atoms with E-state index >= 15 is 0 Å². The largest absolute Gasteiger partial charge is 0.462 e. The van der Waals surface area contributed by atoms with Crippen molar-refractivity contribution in [3.63, 3.8) is 0 Å². The summed E-state index contributed by atoms with van der Waals surface area (Å²) in [6, 6.07) is 0. The van der Waals surface area contributed by atoms with E-state index in [2.05, 4.69) is 69.4 Å². The van der Waals surface area contributed by atoms with Gasteiger partial charge in [-0.2, -0.15) is 0 Å². The first-order valence-electron chi connectivity index (χ1n) is 33.6. The fourth-order valence-electron chi connectivity index (χ4n) is 9.98. The SMILES string of the molecule is CCCCCC/C=C\CCCCCCCC(=O)OCC(COC(=O)CCCCCCCCCCCCCCCCCC/C=C\C/C=C\C/C=C\CCCCCCC)OC(=O)CCCCCCCCCCCCCCCC. The molecule has 0 N–H and O–H groups in total. The van der Waals surface area contributed by atoms with Crippen LogP contribution >= 0.6 is 0 Å². The van der Waals surface area contributed by atoms with Crippen LogP contribution in [0.4, 0.5) is 0 Å². The van der Waals surface area contributed by atoms with Gasteiger partial charge in [0.2, 0.25) is 0 Å². The maximum atomic E-state index is 12.9. The summed E-state index contributed by atoms with van der Waals surface area (Å²) in [6.45, 7) is 6.66. The number of carbonyl (C=O) groups is 3. The molecule has 1 unspecified atom stereocenters. The summed E-state index contributed by atoms with van der Waals surface area (Å²) in [5, 5.41) is 0. The number of rotatable bonds is 62. The van der Waals surface area contributed by atoms with Crippen LogP contribution in [-0.2, 0) is 28.6 Å². The zero-order valence-electron chi connectivity index (χ0n) is 51.0. The van der Waals surface area contributed by atoms with Crippen molar-refractivity contribution in [2.75, 3.05) is 13.2 Å². The lowest BCUT2D eigenvalue weighted by Gasteiger charge is -2.18. The number of hydrogen-bond acceptors (Lipinski definition) is 6. The standard InChI is InChI=1S/C70H128O6/c1-4-7-10-13-16-19-22-25-27-28-29-30-31-32-33-34-35-36-37-38-39-40-41-42-43-46-48-51-54-57-60-63-69(72)75-66-67(65-74-68(71)62-59-56-53-50-47-44-24-21-18-15-12-9-6-3)76-70(73)64-61-58-55-52-49-45-26-23-20-17-14-11-8-5-2/h21-22,24-25,28-29,31-32,67H,4-20,23,26-27,30,33-66H2,1-3H3/b24-21-,25-22-,29-28-,32-31-. The van der Waals surface area contributed by atoms with Gasteiger partial charge in [0.15, 0.2) is 6.10 Å². The van der Waals surface area contributed by atoms with Gasteiger partial charge in [-0.25, -0.2) is 0 Å². The monoisotopic (exact) mass is 1060 g/mol. The van der Waals surface area contributed by atoms with Crippen LogP contribution in [0.2, 0.25) is 0 Å². The zero-order chi connectivity index (χ0) is 55.0. The molecule has 1 atom stereocenters. The molecule has 76 heavy (non-hydrogen) atoms. The minimum absolute atomic E-state index is 0.0708. The van der Waals surface area contributed by atoms with Crippen LogP contribution < -0.4 is 0 Å². The highest BCUT2D eigenvalue weighted by Gasteiger charge is 2.19. The number of ether oxygens (including phenoxy) is 3. The maximum Gasteiger partial charge on any atom is 0.306 e. The van der Waals surface area contributed by atoms with Crippen molar-refractivity contribution in [3.8, 4) is 0 Å². The van der Waals surface area contributed by atoms with Crippen LogP contribution in [0.1, 0.15) is 361 Å². The van der Waals surface area contributed by atoms with Crippen LogP contribution in [0.3, 0.4) is 0 Å². The minimum atomic E-state index is -0.773. The van der Waals surface area contributed by atoms with Crippen molar-refractivity contribution in [3.05, 3.63) is 48.6 Å². The van der Waals surface area contributed by atoms with E-state index in [0.717, 1.165) is 77.0 Å². The molecule has 0 aromatic rings. The Balaban J connectivity index is 4.14. The molecule has 0 saturated heterocycles. The average Bonchev–Trinajstić information content (AvgIpc) is 3.42. The third-order valence-electron chi connectivity index (χ3n) is 15.1. The third-order valence-corrected chi connectivity index (χ3v) is 15.1. The first-order chi connectivity index (χ1) is 37.5. The lowest BCUT2D eigenvalue weighted by Crippen LogP contribution is -2.30. The van der Waals surface area contributed by atoms with Crippen molar-refractivity contribution in [2.24, 2.45) is 0 Å². The van der Waals surface area contributed by atoms with E-state index in [9.17, 15) is 14.4 Å². The van der Waals surface area contributed by atoms with Crippen LogP contribution in [0.5, 0.6) is 0 Å². The van der Waals surface area contributed by atoms with Gasteiger partial charge in [0, 0.05) is 19.3 Å². The Labute approximate surface area is 473 Å². The molecule has 0 amide bonds. The van der Waals surface area contributed by atoms with E-state index in [1.807, 2.05) is 0 Å². The zero-order valence-corrected chi connectivity index (χ0v) is 51.0. The smallest absolute Gasteiger partial charge is 0.306 e. The molecule has 6 heteroatoms. The van der Waals surface area contributed by atoms with E-state index in [1.54, 1.807) is 0 Å². The molecule has 0 aromatic carbocycles. The van der Waals surface area contributed by atoms with Crippen molar-refractivity contribution < 1.29 is 28.6 Å². The summed E-state index contributed by atoms with van der Waals surface area (Å²) in [5.74, 6) is -0.858. The Morgan fingerprint density at radius 2 is 0.474 bits per heavy atom. The fourth-order valence-corrected chi connectivity index (χ4v) is 9.98. The number of esters is 3. The Hall–Kier alpha value is -2.63. The molecule has 0 aromatic heterocycles. The lowest BCUT2D eigenvalue weighted by molar-refractivity contribution is -0.167. The summed E-state index contributed by atoms with van der Waals surface area (Å²) in [4.78, 5) is 38.3. The molecule has 0 bridgehead atoms. The summed E-state index contributed by atoms with van der Waals surface area (Å²) in [7, 11) is 0. The van der Waals surface area contributed by atoms with Gasteiger partial charge in [0.05, 0.1) is 0 Å². The normalized spacial score (nSPS) is 12.3. The molecule has 0 saturated carbocycles. The van der Waals surface area contributed by atoms with E-state index in [-0.39, 0.29) is 31.1 Å². The molecule has 0 spiro atoms.